The summed E-state index contributed by atoms with van der Waals surface area (Å²) in [6.45, 7) is 8.71. The molecule has 2 heterocycles. The Bertz CT molecular complexity index is 1570. The molecule has 0 aliphatic carbocycles. The van der Waals surface area contributed by atoms with Crippen LogP contribution in [0.5, 0.6) is 0 Å². The molecule has 5 rings (SSSR count). The van der Waals surface area contributed by atoms with Gasteiger partial charge in [-0.15, -0.1) is 0 Å². The second-order valence-electron chi connectivity index (χ2n) is 9.95. The van der Waals surface area contributed by atoms with Crippen molar-refractivity contribution in [3.05, 3.63) is 104 Å². The molecule has 7 heteroatoms. The van der Waals surface area contributed by atoms with Crippen LogP contribution in [0.3, 0.4) is 0 Å². The van der Waals surface area contributed by atoms with E-state index in [1.165, 1.54) is 0 Å². The fourth-order valence-corrected chi connectivity index (χ4v) is 5.65. The summed E-state index contributed by atoms with van der Waals surface area (Å²) in [7, 11) is 0. The first-order chi connectivity index (χ1) is 18.9. The number of hydrazone groups is 1. The summed E-state index contributed by atoms with van der Waals surface area (Å²) < 4.78 is 0.921. The number of aromatic amines is 1. The third-order valence-corrected chi connectivity index (χ3v) is 7.98. The second-order valence-corrected chi connectivity index (χ2v) is 10.9. The van der Waals surface area contributed by atoms with E-state index in [2.05, 4.69) is 63.9 Å². The fraction of sp³-hybridized carbons (Fsp3) is 0.281. The average molecular weight is 586 g/mol. The quantitative estimate of drug-likeness (QED) is 0.251. The fourth-order valence-electron chi connectivity index (χ4n) is 5.29. The maximum atomic E-state index is 13.7. The van der Waals surface area contributed by atoms with Gasteiger partial charge in [-0.3, -0.25) is 9.59 Å². The van der Waals surface area contributed by atoms with Crippen molar-refractivity contribution in [1.29, 1.82) is 0 Å². The molecule has 1 atom stereocenters. The smallest absolute Gasteiger partial charge is 0.258 e. The number of carbonyl (C=O) groups excluding carboxylic acids is 1. The van der Waals surface area contributed by atoms with E-state index in [-0.39, 0.29) is 17.5 Å². The van der Waals surface area contributed by atoms with Crippen LogP contribution in [0.4, 0.5) is 0 Å². The summed E-state index contributed by atoms with van der Waals surface area (Å²) in [5.74, 6) is -0.0382. The first-order valence-electron chi connectivity index (χ1n) is 13.5. The molecule has 0 bridgehead atoms. The van der Waals surface area contributed by atoms with Gasteiger partial charge in [0.2, 0.25) is 5.91 Å². The summed E-state index contributed by atoms with van der Waals surface area (Å²) in [5.41, 5.74) is 5.62. The number of hydrogen-bond donors (Lipinski definition) is 1. The highest BCUT2D eigenvalue weighted by molar-refractivity contribution is 9.10. The van der Waals surface area contributed by atoms with Gasteiger partial charge in [0.15, 0.2) is 0 Å². The Morgan fingerprint density at radius 3 is 2.44 bits per heavy atom. The largest absolute Gasteiger partial charge is 0.321 e. The van der Waals surface area contributed by atoms with Gasteiger partial charge in [-0.25, -0.2) is 5.01 Å². The van der Waals surface area contributed by atoms with Crippen LogP contribution in [0.15, 0.2) is 87.2 Å². The Hall–Kier alpha value is -3.55. The highest BCUT2D eigenvalue weighted by atomic mass is 79.9. The van der Waals surface area contributed by atoms with E-state index in [0.29, 0.717) is 30.7 Å². The predicted molar refractivity (Wildman–Crippen MR) is 162 cm³/mol. The standard InChI is InChI=1S/C32H33BrN4O2/c1-4-36(5-2)18-17-29(38)37-28(22-13-11-21(3)12-14-22)20-27(35-37)31-30(23-9-7-6-8-10-23)25-19-24(33)15-16-26(25)34-32(31)39/h6-16,19,28H,4-5,17-18,20H2,1-3H3,(H,34,39). The van der Waals surface area contributed by atoms with Crippen LogP contribution < -0.4 is 5.56 Å². The summed E-state index contributed by atoms with van der Waals surface area (Å²) in [5, 5.41) is 7.43. The maximum Gasteiger partial charge on any atom is 0.258 e. The van der Waals surface area contributed by atoms with E-state index in [0.717, 1.165) is 50.7 Å². The lowest BCUT2D eigenvalue weighted by Gasteiger charge is -2.24. The SMILES string of the molecule is CCN(CC)CCC(=O)N1N=C(c2c(-c3ccccc3)c3cc(Br)ccc3[nH]c2=O)CC1c1ccc(C)cc1. The molecule has 39 heavy (non-hydrogen) atoms. The number of nitrogens with zero attached hydrogens (tertiary/aromatic N) is 3. The van der Waals surface area contributed by atoms with Gasteiger partial charge in [0.05, 0.1) is 17.3 Å². The lowest BCUT2D eigenvalue weighted by atomic mass is 9.91. The Balaban J connectivity index is 1.65. The molecule has 1 N–H and O–H groups in total. The third kappa shape index (κ3) is 5.60. The number of aryl methyl sites for hydroxylation is 1. The normalized spacial score (nSPS) is 15.3. The van der Waals surface area contributed by atoms with Crippen LogP contribution in [0.2, 0.25) is 0 Å². The van der Waals surface area contributed by atoms with E-state index >= 15 is 0 Å². The van der Waals surface area contributed by atoms with Gasteiger partial charge >= 0.3 is 0 Å². The molecule has 0 fully saturated rings. The molecule has 1 unspecified atom stereocenters. The molecular weight excluding hydrogens is 552 g/mol. The number of fused-ring (bicyclic) bond motifs is 1. The number of aromatic nitrogens is 1. The topological polar surface area (TPSA) is 68.8 Å². The van der Waals surface area contributed by atoms with Crippen molar-refractivity contribution in [3.63, 3.8) is 0 Å². The molecule has 1 aliphatic heterocycles. The van der Waals surface area contributed by atoms with Gasteiger partial charge in [-0.1, -0.05) is 89.9 Å². The first kappa shape index (κ1) is 27.0. The van der Waals surface area contributed by atoms with Crippen LogP contribution in [0, 0.1) is 6.92 Å². The van der Waals surface area contributed by atoms with E-state index in [9.17, 15) is 9.59 Å². The van der Waals surface area contributed by atoms with Crippen molar-refractivity contribution >= 4 is 38.5 Å². The number of rotatable bonds is 8. The van der Waals surface area contributed by atoms with Gasteiger partial charge in [-0.05, 0) is 49.3 Å². The number of hydrogen-bond acceptors (Lipinski definition) is 4. The number of amides is 1. The van der Waals surface area contributed by atoms with Gasteiger partial charge in [0, 0.05) is 40.3 Å². The van der Waals surface area contributed by atoms with E-state index < -0.39 is 0 Å². The number of benzene rings is 3. The zero-order valence-electron chi connectivity index (χ0n) is 22.6. The summed E-state index contributed by atoms with van der Waals surface area (Å²) >= 11 is 3.60. The minimum absolute atomic E-state index is 0.0382. The lowest BCUT2D eigenvalue weighted by molar-refractivity contribution is -0.133. The second kappa shape index (κ2) is 11.7. The van der Waals surface area contributed by atoms with Gasteiger partial charge in [0.1, 0.15) is 0 Å². The van der Waals surface area contributed by atoms with Crippen molar-refractivity contribution in [3.8, 4) is 11.1 Å². The highest BCUT2D eigenvalue weighted by Crippen LogP contribution is 2.37. The summed E-state index contributed by atoms with van der Waals surface area (Å²) in [6.07, 6.45) is 0.829. The molecule has 200 valence electrons. The van der Waals surface area contributed by atoms with Crippen LogP contribution in [-0.2, 0) is 4.79 Å². The van der Waals surface area contributed by atoms with Gasteiger partial charge in [0.25, 0.3) is 5.56 Å². The number of pyridine rings is 1. The monoisotopic (exact) mass is 584 g/mol. The molecule has 0 saturated carbocycles. The molecule has 0 saturated heterocycles. The molecule has 1 aliphatic rings. The Labute approximate surface area is 237 Å². The highest BCUT2D eigenvalue weighted by Gasteiger charge is 2.35. The van der Waals surface area contributed by atoms with Crippen LogP contribution >= 0.6 is 15.9 Å². The van der Waals surface area contributed by atoms with E-state index in [1.807, 2.05) is 55.5 Å². The average Bonchev–Trinajstić information content (AvgIpc) is 3.39. The third-order valence-electron chi connectivity index (χ3n) is 7.49. The molecule has 0 spiro atoms. The molecule has 0 radical (unpaired) electrons. The maximum absolute atomic E-state index is 13.7. The van der Waals surface area contributed by atoms with Crippen molar-refractivity contribution < 1.29 is 4.79 Å². The van der Waals surface area contributed by atoms with Crippen LogP contribution in [0.25, 0.3) is 22.0 Å². The van der Waals surface area contributed by atoms with Crippen LogP contribution in [-0.4, -0.2) is 46.1 Å². The lowest BCUT2D eigenvalue weighted by Crippen LogP contribution is -2.32. The first-order valence-corrected chi connectivity index (χ1v) is 14.3. The predicted octanol–water partition coefficient (Wildman–Crippen LogP) is 6.68. The molecular formula is C32H33BrN4O2. The zero-order chi connectivity index (χ0) is 27.5. The molecule has 3 aromatic carbocycles. The van der Waals surface area contributed by atoms with Crippen molar-refractivity contribution in [2.45, 2.75) is 39.7 Å². The number of nitrogens with one attached hydrogen (secondary N) is 1. The Morgan fingerprint density at radius 2 is 1.74 bits per heavy atom. The van der Waals surface area contributed by atoms with Gasteiger partial charge in [-0.2, -0.15) is 5.10 Å². The summed E-state index contributed by atoms with van der Waals surface area (Å²) in [6, 6.07) is 23.7. The van der Waals surface area contributed by atoms with Crippen LogP contribution in [0.1, 0.15) is 49.4 Å². The number of H-pyrrole nitrogens is 1. The molecule has 1 amide bonds. The summed E-state index contributed by atoms with van der Waals surface area (Å²) in [4.78, 5) is 32.6. The van der Waals surface area contributed by atoms with Crippen molar-refractivity contribution in [2.75, 3.05) is 19.6 Å². The zero-order valence-corrected chi connectivity index (χ0v) is 24.2. The number of carbonyl (C=O) groups is 1. The Kier molecular flexibility index (Phi) is 8.10. The van der Waals surface area contributed by atoms with Crippen molar-refractivity contribution in [1.82, 2.24) is 14.9 Å². The molecule has 1 aromatic heterocycles. The minimum atomic E-state index is -0.272. The van der Waals surface area contributed by atoms with Gasteiger partial charge < -0.3 is 9.88 Å². The number of halogens is 1. The van der Waals surface area contributed by atoms with Crippen molar-refractivity contribution in [2.24, 2.45) is 5.10 Å². The van der Waals surface area contributed by atoms with E-state index in [4.69, 9.17) is 5.10 Å². The molecule has 6 nitrogen and oxygen atoms in total. The molecule has 4 aromatic rings. The Morgan fingerprint density at radius 1 is 1.03 bits per heavy atom. The minimum Gasteiger partial charge on any atom is -0.321 e. The van der Waals surface area contributed by atoms with E-state index in [1.54, 1.807) is 5.01 Å².